The predicted octanol–water partition coefficient (Wildman–Crippen LogP) is 2.35. The molecule has 6 nitrogen and oxygen atoms in total. The largest absolute Gasteiger partial charge is 0.340 e. The lowest BCUT2D eigenvalue weighted by Gasteiger charge is -2.34. The Bertz CT molecular complexity index is 747. The number of hydrogen-bond acceptors (Lipinski definition) is 5. The molecule has 1 aromatic heterocycles. The molecule has 2 atom stereocenters. The standard InChI is InChI=1S/C19H24N4O2/c1-13-3-5-15(6-4-13)18-20-17(25-21-18)12-22-7-9-23(10-8-22)19(24)16-11-14(16)2/h3-6,14,16H,7-12H2,1-2H3. The Balaban J connectivity index is 1.31. The van der Waals surface area contributed by atoms with Gasteiger partial charge in [0, 0.05) is 37.7 Å². The van der Waals surface area contributed by atoms with Crippen LogP contribution in [0.3, 0.4) is 0 Å². The summed E-state index contributed by atoms with van der Waals surface area (Å²) in [6.45, 7) is 8.15. The Morgan fingerprint density at radius 2 is 1.88 bits per heavy atom. The molecule has 1 saturated heterocycles. The number of amides is 1. The number of piperazine rings is 1. The van der Waals surface area contributed by atoms with E-state index in [-0.39, 0.29) is 5.92 Å². The maximum Gasteiger partial charge on any atom is 0.241 e. The number of aryl methyl sites for hydroxylation is 1. The van der Waals surface area contributed by atoms with E-state index in [0.717, 1.165) is 38.2 Å². The molecule has 0 radical (unpaired) electrons. The maximum atomic E-state index is 12.3. The van der Waals surface area contributed by atoms with Crippen LogP contribution in [0.15, 0.2) is 28.8 Å². The zero-order valence-corrected chi connectivity index (χ0v) is 14.8. The van der Waals surface area contributed by atoms with Crippen molar-refractivity contribution in [1.29, 1.82) is 0 Å². The quantitative estimate of drug-likeness (QED) is 0.855. The van der Waals surface area contributed by atoms with Gasteiger partial charge in [-0.15, -0.1) is 0 Å². The third kappa shape index (κ3) is 3.58. The number of rotatable bonds is 4. The highest BCUT2D eigenvalue weighted by Crippen LogP contribution is 2.39. The number of benzene rings is 1. The molecule has 6 heteroatoms. The summed E-state index contributed by atoms with van der Waals surface area (Å²) in [6, 6.07) is 8.10. The molecule has 2 fully saturated rings. The molecular formula is C19H24N4O2. The first kappa shape index (κ1) is 16.3. The number of aromatic nitrogens is 2. The van der Waals surface area contributed by atoms with E-state index >= 15 is 0 Å². The van der Waals surface area contributed by atoms with E-state index in [0.29, 0.717) is 30.1 Å². The third-order valence-electron chi connectivity index (χ3n) is 5.25. The van der Waals surface area contributed by atoms with Crippen molar-refractivity contribution in [3.05, 3.63) is 35.7 Å². The molecule has 2 heterocycles. The van der Waals surface area contributed by atoms with Crippen LogP contribution in [0.5, 0.6) is 0 Å². The molecule has 2 aliphatic rings. The van der Waals surface area contributed by atoms with E-state index < -0.39 is 0 Å². The molecule has 0 spiro atoms. The zero-order chi connectivity index (χ0) is 17.4. The van der Waals surface area contributed by atoms with Gasteiger partial charge in [0.1, 0.15) is 0 Å². The van der Waals surface area contributed by atoms with Gasteiger partial charge in [-0.25, -0.2) is 0 Å². The Hall–Kier alpha value is -2.21. The minimum absolute atomic E-state index is 0.277. The molecule has 4 rings (SSSR count). The fourth-order valence-electron chi connectivity index (χ4n) is 3.36. The Kier molecular flexibility index (Phi) is 4.29. The first-order valence-electron chi connectivity index (χ1n) is 9.01. The van der Waals surface area contributed by atoms with E-state index in [2.05, 4.69) is 28.9 Å². The zero-order valence-electron chi connectivity index (χ0n) is 14.8. The Morgan fingerprint density at radius 3 is 2.52 bits per heavy atom. The molecule has 1 aliphatic carbocycles. The molecule has 1 amide bonds. The smallest absolute Gasteiger partial charge is 0.241 e. The van der Waals surface area contributed by atoms with Gasteiger partial charge in [-0.05, 0) is 19.3 Å². The summed E-state index contributed by atoms with van der Waals surface area (Å²) in [5, 5.41) is 4.09. The highest BCUT2D eigenvalue weighted by molar-refractivity contribution is 5.81. The van der Waals surface area contributed by atoms with Crippen LogP contribution < -0.4 is 0 Å². The molecule has 25 heavy (non-hydrogen) atoms. The summed E-state index contributed by atoms with van der Waals surface area (Å²) < 4.78 is 5.41. The van der Waals surface area contributed by atoms with Crippen molar-refractivity contribution >= 4 is 5.91 Å². The summed E-state index contributed by atoms with van der Waals surface area (Å²) in [5.41, 5.74) is 2.18. The average Bonchev–Trinajstić information content (AvgIpc) is 3.17. The van der Waals surface area contributed by atoms with Crippen molar-refractivity contribution in [2.45, 2.75) is 26.8 Å². The highest BCUT2D eigenvalue weighted by atomic mass is 16.5. The molecule has 1 aliphatic heterocycles. The number of carbonyl (C=O) groups is 1. The molecule has 2 aromatic rings. The van der Waals surface area contributed by atoms with Crippen LogP contribution in [0.4, 0.5) is 0 Å². The predicted molar refractivity (Wildman–Crippen MR) is 93.6 cm³/mol. The van der Waals surface area contributed by atoms with Gasteiger partial charge in [-0.1, -0.05) is 41.9 Å². The minimum atomic E-state index is 0.277. The lowest BCUT2D eigenvalue weighted by Crippen LogP contribution is -2.48. The number of hydrogen-bond donors (Lipinski definition) is 0. The van der Waals surface area contributed by atoms with Crippen molar-refractivity contribution in [1.82, 2.24) is 19.9 Å². The third-order valence-corrected chi connectivity index (χ3v) is 5.25. The normalized spacial score (nSPS) is 23.7. The van der Waals surface area contributed by atoms with E-state index in [1.807, 2.05) is 29.2 Å². The lowest BCUT2D eigenvalue weighted by atomic mass is 10.1. The van der Waals surface area contributed by atoms with Crippen LogP contribution >= 0.6 is 0 Å². The van der Waals surface area contributed by atoms with E-state index in [9.17, 15) is 4.79 Å². The lowest BCUT2D eigenvalue weighted by molar-refractivity contribution is -0.134. The van der Waals surface area contributed by atoms with E-state index in [1.165, 1.54) is 5.56 Å². The average molecular weight is 340 g/mol. The first-order valence-corrected chi connectivity index (χ1v) is 9.01. The van der Waals surface area contributed by atoms with Gasteiger partial charge in [0.15, 0.2) is 0 Å². The maximum absolute atomic E-state index is 12.3. The van der Waals surface area contributed by atoms with Crippen LogP contribution in [0, 0.1) is 18.8 Å². The van der Waals surface area contributed by atoms with Crippen molar-refractivity contribution in [2.24, 2.45) is 11.8 Å². The van der Waals surface area contributed by atoms with Gasteiger partial charge in [-0.3, -0.25) is 9.69 Å². The van der Waals surface area contributed by atoms with Crippen LogP contribution in [-0.4, -0.2) is 52.0 Å². The monoisotopic (exact) mass is 340 g/mol. The second-order valence-corrected chi connectivity index (χ2v) is 7.30. The molecule has 1 aromatic carbocycles. The topological polar surface area (TPSA) is 62.5 Å². The summed E-state index contributed by atoms with van der Waals surface area (Å²) >= 11 is 0. The summed E-state index contributed by atoms with van der Waals surface area (Å²) in [7, 11) is 0. The summed E-state index contributed by atoms with van der Waals surface area (Å²) in [4.78, 5) is 21.1. The second-order valence-electron chi connectivity index (χ2n) is 7.30. The van der Waals surface area contributed by atoms with Gasteiger partial charge >= 0.3 is 0 Å². The molecular weight excluding hydrogens is 316 g/mol. The first-order chi connectivity index (χ1) is 12.1. The van der Waals surface area contributed by atoms with Crippen LogP contribution in [0.2, 0.25) is 0 Å². The molecule has 0 bridgehead atoms. The highest BCUT2D eigenvalue weighted by Gasteiger charge is 2.41. The van der Waals surface area contributed by atoms with Gasteiger partial charge in [0.25, 0.3) is 0 Å². The fraction of sp³-hybridized carbons (Fsp3) is 0.526. The summed E-state index contributed by atoms with van der Waals surface area (Å²) in [6.07, 6.45) is 1.06. The SMILES string of the molecule is Cc1ccc(-c2noc(CN3CCN(C(=O)C4CC4C)CC3)n2)cc1. The fourth-order valence-corrected chi connectivity index (χ4v) is 3.36. The Labute approximate surface area is 147 Å². The van der Waals surface area contributed by atoms with Crippen LogP contribution in [0.1, 0.15) is 24.8 Å². The number of nitrogens with zero attached hydrogens (tertiary/aromatic N) is 4. The van der Waals surface area contributed by atoms with Crippen molar-refractivity contribution < 1.29 is 9.32 Å². The van der Waals surface area contributed by atoms with Gasteiger partial charge in [-0.2, -0.15) is 4.98 Å². The van der Waals surface area contributed by atoms with Crippen molar-refractivity contribution in [3.63, 3.8) is 0 Å². The Morgan fingerprint density at radius 1 is 1.20 bits per heavy atom. The van der Waals surface area contributed by atoms with Gasteiger partial charge < -0.3 is 9.42 Å². The van der Waals surface area contributed by atoms with Crippen molar-refractivity contribution in [3.8, 4) is 11.4 Å². The van der Waals surface area contributed by atoms with Crippen LogP contribution in [0.25, 0.3) is 11.4 Å². The number of carbonyl (C=O) groups excluding carboxylic acids is 1. The van der Waals surface area contributed by atoms with Crippen LogP contribution in [-0.2, 0) is 11.3 Å². The van der Waals surface area contributed by atoms with E-state index in [1.54, 1.807) is 0 Å². The van der Waals surface area contributed by atoms with Crippen molar-refractivity contribution in [2.75, 3.05) is 26.2 Å². The second kappa shape index (κ2) is 6.59. The summed E-state index contributed by atoms with van der Waals surface area (Å²) in [5.74, 6) is 2.45. The van der Waals surface area contributed by atoms with Gasteiger partial charge in [0.2, 0.25) is 17.6 Å². The van der Waals surface area contributed by atoms with Gasteiger partial charge in [0.05, 0.1) is 6.54 Å². The van der Waals surface area contributed by atoms with E-state index in [4.69, 9.17) is 4.52 Å². The molecule has 2 unspecified atom stereocenters. The molecule has 1 saturated carbocycles. The molecule has 0 N–H and O–H groups in total. The minimum Gasteiger partial charge on any atom is -0.340 e. The molecule has 132 valence electrons.